The Labute approximate surface area is 220 Å². The van der Waals surface area contributed by atoms with Crippen LogP contribution in [0.3, 0.4) is 0 Å². The SMILES string of the molecule is Cc1ccc(C(C(=O)N2CCc3cnc(N4CCN(C5CCC5)CC4)nc3CC2)c2ccccc2)cc1. The van der Waals surface area contributed by atoms with E-state index in [1.807, 2.05) is 29.3 Å². The minimum atomic E-state index is -0.295. The third-order valence-electron chi connectivity index (χ3n) is 8.50. The van der Waals surface area contributed by atoms with Crippen LogP contribution >= 0.6 is 0 Å². The van der Waals surface area contributed by atoms with Gasteiger partial charge in [-0.15, -0.1) is 0 Å². The second-order valence-electron chi connectivity index (χ2n) is 10.8. The number of benzene rings is 2. The molecule has 0 radical (unpaired) electrons. The lowest BCUT2D eigenvalue weighted by Gasteiger charge is -2.43. The fraction of sp³-hybridized carbons (Fsp3) is 0.452. The van der Waals surface area contributed by atoms with Gasteiger partial charge in [-0.1, -0.05) is 66.6 Å². The van der Waals surface area contributed by atoms with Crippen LogP contribution in [0, 0.1) is 6.92 Å². The normalized spacial score (nSPS) is 19.6. The van der Waals surface area contributed by atoms with Crippen LogP contribution < -0.4 is 4.90 Å². The second-order valence-corrected chi connectivity index (χ2v) is 10.8. The lowest BCUT2D eigenvalue weighted by molar-refractivity contribution is -0.131. The summed E-state index contributed by atoms with van der Waals surface area (Å²) in [6.45, 7) is 7.67. The fourth-order valence-electron chi connectivity index (χ4n) is 5.94. The van der Waals surface area contributed by atoms with Crippen LogP contribution in [-0.2, 0) is 17.6 Å². The van der Waals surface area contributed by atoms with Gasteiger partial charge in [-0.3, -0.25) is 9.69 Å². The molecule has 3 heterocycles. The van der Waals surface area contributed by atoms with Crippen molar-refractivity contribution in [1.82, 2.24) is 19.8 Å². The zero-order valence-electron chi connectivity index (χ0n) is 21.9. The lowest BCUT2D eigenvalue weighted by atomic mass is 9.89. The number of aromatic nitrogens is 2. The highest BCUT2D eigenvalue weighted by molar-refractivity contribution is 5.87. The van der Waals surface area contributed by atoms with Crippen LogP contribution in [0.1, 0.15) is 53.1 Å². The van der Waals surface area contributed by atoms with Crippen molar-refractivity contribution in [2.45, 2.75) is 51.0 Å². The van der Waals surface area contributed by atoms with Crippen molar-refractivity contribution in [3.8, 4) is 0 Å². The number of anilines is 1. The van der Waals surface area contributed by atoms with Gasteiger partial charge in [0.05, 0.1) is 11.6 Å². The van der Waals surface area contributed by atoms with Gasteiger partial charge in [-0.25, -0.2) is 9.97 Å². The highest BCUT2D eigenvalue weighted by atomic mass is 16.2. The molecular weight excluding hydrogens is 458 g/mol. The predicted molar refractivity (Wildman–Crippen MR) is 147 cm³/mol. The molecule has 0 N–H and O–H groups in total. The number of amides is 1. The molecule has 1 atom stereocenters. The van der Waals surface area contributed by atoms with Gasteiger partial charge in [-0.05, 0) is 42.9 Å². The predicted octanol–water partition coefficient (Wildman–Crippen LogP) is 4.22. The number of carbonyl (C=O) groups is 1. The topological polar surface area (TPSA) is 52.6 Å². The average molecular weight is 496 g/mol. The number of nitrogens with zero attached hydrogens (tertiary/aromatic N) is 5. The largest absolute Gasteiger partial charge is 0.341 e. The van der Waals surface area contributed by atoms with Crippen LogP contribution in [0.25, 0.3) is 0 Å². The van der Waals surface area contributed by atoms with Gasteiger partial charge in [0.15, 0.2) is 0 Å². The maximum Gasteiger partial charge on any atom is 0.234 e. The Morgan fingerprint density at radius 2 is 1.57 bits per heavy atom. The Hall–Kier alpha value is -3.25. The number of piperazine rings is 1. The van der Waals surface area contributed by atoms with Gasteiger partial charge >= 0.3 is 0 Å². The number of rotatable bonds is 5. The van der Waals surface area contributed by atoms with E-state index < -0.39 is 0 Å². The van der Waals surface area contributed by atoms with E-state index in [2.05, 4.69) is 53.1 Å². The van der Waals surface area contributed by atoms with E-state index in [1.54, 1.807) is 0 Å². The number of aryl methyl sites for hydroxylation is 1. The minimum absolute atomic E-state index is 0.170. The molecule has 0 spiro atoms. The number of fused-ring (bicyclic) bond motifs is 1. The van der Waals surface area contributed by atoms with Gasteiger partial charge in [0.1, 0.15) is 0 Å². The molecule has 6 rings (SSSR count). The Bertz CT molecular complexity index is 1220. The summed E-state index contributed by atoms with van der Waals surface area (Å²) in [7, 11) is 0. The van der Waals surface area contributed by atoms with Crippen LogP contribution in [0.2, 0.25) is 0 Å². The highest BCUT2D eigenvalue weighted by Gasteiger charge is 2.31. The van der Waals surface area contributed by atoms with Gasteiger partial charge in [0, 0.05) is 57.9 Å². The maximum absolute atomic E-state index is 14.0. The van der Waals surface area contributed by atoms with E-state index in [0.717, 1.165) is 67.8 Å². The van der Waals surface area contributed by atoms with Crippen LogP contribution in [-0.4, -0.2) is 71.0 Å². The summed E-state index contributed by atoms with van der Waals surface area (Å²) in [4.78, 5) is 30.8. The monoisotopic (exact) mass is 495 g/mol. The lowest BCUT2D eigenvalue weighted by Crippen LogP contribution is -2.52. The number of carbonyl (C=O) groups excluding carboxylic acids is 1. The van der Waals surface area contributed by atoms with Gasteiger partial charge in [0.2, 0.25) is 11.9 Å². The number of hydrogen-bond acceptors (Lipinski definition) is 5. The molecule has 3 aliphatic rings. The van der Waals surface area contributed by atoms with Crippen LogP contribution in [0.5, 0.6) is 0 Å². The Kier molecular flexibility index (Phi) is 6.92. The zero-order chi connectivity index (χ0) is 25.2. The van der Waals surface area contributed by atoms with Crippen molar-refractivity contribution in [2.75, 3.05) is 44.2 Å². The van der Waals surface area contributed by atoms with E-state index in [-0.39, 0.29) is 11.8 Å². The first-order valence-electron chi connectivity index (χ1n) is 13.9. The van der Waals surface area contributed by atoms with Crippen molar-refractivity contribution < 1.29 is 4.79 Å². The average Bonchev–Trinajstić information content (AvgIpc) is 3.12. The molecule has 192 valence electrons. The smallest absolute Gasteiger partial charge is 0.234 e. The quantitative estimate of drug-likeness (QED) is 0.531. The molecule has 2 fully saturated rings. The first kappa shape index (κ1) is 24.1. The summed E-state index contributed by atoms with van der Waals surface area (Å²) >= 11 is 0. The second kappa shape index (κ2) is 10.6. The molecule has 2 aromatic carbocycles. The highest BCUT2D eigenvalue weighted by Crippen LogP contribution is 2.29. The Morgan fingerprint density at radius 3 is 2.27 bits per heavy atom. The van der Waals surface area contributed by atoms with Crippen molar-refractivity contribution in [3.63, 3.8) is 0 Å². The molecule has 1 aliphatic carbocycles. The molecule has 6 heteroatoms. The van der Waals surface area contributed by atoms with Gasteiger partial charge in [-0.2, -0.15) is 0 Å². The molecule has 0 bridgehead atoms. The zero-order valence-corrected chi connectivity index (χ0v) is 21.9. The van der Waals surface area contributed by atoms with Crippen molar-refractivity contribution >= 4 is 11.9 Å². The van der Waals surface area contributed by atoms with E-state index in [1.165, 1.54) is 30.4 Å². The van der Waals surface area contributed by atoms with Crippen LogP contribution in [0.15, 0.2) is 60.8 Å². The van der Waals surface area contributed by atoms with Crippen molar-refractivity contribution in [2.24, 2.45) is 0 Å². The summed E-state index contributed by atoms with van der Waals surface area (Å²) < 4.78 is 0. The molecular formula is C31H37N5O. The first-order chi connectivity index (χ1) is 18.2. The van der Waals surface area contributed by atoms with E-state index in [0.29, 0.717) is 13.1 Å². The van der Waals surface area contributed by atoms with Crippen molar-refractivity contribution in [1.29, 1.82) is 0 Å². The minimum Gasteiger partial charge on any atom is -0.341 e. The number of hydrogen-bond donors (Lipinski definition) is 0. The Morgan fingerprint density at radius 1 is 0.865 bits per heavy atom. The third kappa shape index (κ3) is 5.12. The summed E-state index contributed by atoms with van der Waals surface area (Å²) in [5.41, 5.74) is 5.58. The summed E-state index contributed by atoms with van der Waals surface area (Å²) in [5.74, 6) is 0.730. The molecule has 1 saturated heterocycles. The molecule has 1 amide bonds. The maximum atomic E-state index is 14.0. The van der Waals surface area contributed by atoms with E-state index >= 15 is 0 Å². The third-order valence-corrected chi connectivity index (χ3v) is 8.50. The first-order valence-corrected chi connectivity index (χ1v) is 13.9. The van der Waals surface area contributed by atoms with Gasteiger partial charge in [0.25, 0.3) is 0 Å². The van der Waals surface area contributed by atoms with Crippen molar-refractivity contribution in [3.05, 3.63) is 88.7 Å². The molecule has 1 aromatic heterocycles. The van der Waals surface area contributed by atoms with E-state index in [9.17, 15) is 4.79 Å². The molecule has 37 heavy (non-hydrogen) atoms. The fourth-order valence-corrected chi connectivity index (χ4v) is 5.94. The summed E-state index contributed by atoms with van der Waals surface area (Å²) in [6.07, 6.45) is 7.69. The molecule has 1 saturated carbocycles. The summed E-state index contributed by atoms with van der Waals surface area (Å²) in [6, 6.07) is 19.4. The van der Waals surface area contributed by atoms with Gasteiger partial charge < -0.3 is 9.80 Å². The molecule has 6 nitrogen and oxygen atoms in total. The van der Waals surface area contributed by atoms with E-state index in [4.69, 9.17) is 9.97 Å². The molecule has 3 aromatic rings. The Balaban J connectivity index is 1.16. The summed E-state index contributed by atoms with van der Waals surface area (Å²) in [5, 5.41) is 0. The standard InChI is InChI=1S/C31H37N5O/c1-23-10-12-25(13-11-23)29(24-6-3-2-4-7-24)30(37)35-16-14-26-22-32-31(33-28(26)15-17-35)36-20-18-34(19-21-36)27-8-5-9-27/h2-4,6-7,10-13,22,27,29H,5,8-9,14-21H2,1H3. The molecule has 2 aliphatic heterocycles. The molecule has 1 unspecified atom stereocenters. The van der Waals surface area contributed by atoms with Crippen LogP contribution in [0.4, 0.5) is 5.95 Å².